The van der Waals surface area contributed by atoms with Gasteiger partial charge in [0.1, 0.15) is 6.17 Å². The second kappa shape index (κ2) is 34.4. The molecule has 0 aromatic rings. The van der Waals surface area contributed by atoms with Crippen molar-refractivity contribution >= 4 is 11.8 Å². The van der Waals surface area contributed by atoms with Gasteiger partial charge in [0.2, 0.25) is 11.8 Å². The van der Waals surface area contributed by atoms with Gasteiger partial charge in [-0.3, -0.25) is 9.59 Å². The molecule has 0 bridgehead atoms. The third kappa shape index (κ3) is 31.8. The summed E-state index contributed by atoms with van der Waals surface area (Å²) in [5, 5.41) is 23.7. The summed E-state index contributed by atoms with van der Waals surface area (Å²) in [6.45, 7) is 2.75. The molecule has 0 rings (SSSR count). The van der Waals surface area contributed by atoms with E-state index in [2.05, 4.69) is 17.6 Å². The van der Waals surface area contributed by atoms with Crippen molar-refractivity contribution in [2.75, 3.05) is 13.2 Å². The van der Waals surface area contributed by atoms with E-state index in [4.69, 9.17) is 10.2 Å². The van der Waals surface area contributed by atoms with Crippen LogP contribution in [0.4, 0.5) is 0 Å². The fraction of sp³-hybridized carbons (Fsp3) is 0.944. The maximum atomic E-state index is 12.4. The Morgan fingerprint density at radius 1 is 0.429 bits per heavy atom. The molecule has 6 heteroatoms. The molecule has 6 nitrogen and oxygen atoms in total. The zero-order chi connectivity index (χ0) is 30.8. The number of aliphatic hydroxyl groups excluding tert-OH is 2. The molecule has 0 heterocycles. The summed E-state index contributed by atoms with van der Waals surface area (Å²) in [5.41, 5.74) is 0. The van der Waals surface area contributed by atoms with Gasteiger partial charge in [-0.2, -0.15) is 0 Å². The zero-order valence-corrected chi connectivity index (χ0v) is 27.9. The highest BCUT2D eigenvalue weighted by Gasteiger charge is 2.14. The van der Waals surface area contributed by atoms with Crippen LogP contribution in [0.3, 0.4) is 0 Å². The van der Waals surface area contributed by atoms with Gasteiger partial charge < -0.3 is 20.8 Å². The Morgan fingerprint density at radius 2 is 0.667 bits per heavy atom. The van der Waals surface area contributed by atoms with E-state index in [0.717, 1.165) is 51.4 Å². The zero-order valence-electron chi connectivity index (χ0n) is 27.9. The lowest BCUT2D eigenvalue weighted by atomic mass is 10.0. The Kier molecular flexibility index (Phi) is 33.4. The molecular weight excluding hydrogens is 524 g/mol. The lowest BCUT2D eigenvalue weighted by Crippen LogP contribution is -2.47. The van der Waals surface area contributed by atoms with Crippen molar-refractivity contribution in [3.8, 4) is 0 Å². The molecule has 4 N–H and O–H groups in total. The number of hydrogen-bond acceptors (Lipinski definition) is 4. The highest BCUT2D eigenvalue weighted by Crippen LogP contribution is 2.14. The average molecular weight is 597 g/mol. The molecule has 2 amide bonds. The Hall–Kier alpha value is -1.14. The van der Waals surface area contributed by atoms with Crippen LogP contribution in [0.2, 0.25) is 0 Å². The van der Waals surface area contributed by atoms with Crippen LogP contribution in [-0.2, 0) is 9.59 Å². The lowest BCUT2D eigenvalue weighted by molar-refractivity contribution is -0.124. The summed E-state index contributed by atoms with van der Waals surface area (Å²) in [6.07, 6.45) is 34.2. The van der Waals surface area contributed by atoms with Crippen LogP contribution >= 0.6 is 0 Å². The first kappa shape index (κ1) is 40.9. The van der Waals surface area contributed by atoms with E-state index in [1.165, 1.54) is 128 Å². The Balaban J connectivity index is 3.63. The second-order valence-electron chi connectivity index (χ2n) is 12.6. The van der Waals surface area contributed by atoms with Crippen molar-refractivity contribution in [2.45, 2.75) is 206 Å². The fourth-order valence-electron chi connectivity index (χ4n) is 5.69. The minimum absolute atomic E-state index is 0.0643. The number of rotatable bonds is 34. The van der Waals surface area contributed by atoms with Crippen LogP contribution in [0.15, 0.2) is 0 Å². The molecule has 0 aromatic heterocycles. The Bertz CT molecular complexity index is 527. The normalized spacial score (nSPS) is 11.3. The van der Waals surface area contributed by atoms with Crippen LogP contribution in [0.25, 0.3) is 0 Å². The molecule has 0 atom stereocenters. The van der Waals surface area contributed by atoms with Crippen molar-refractivity contribution in [3.05, 3.63) is 0 Å². The van der Waals surface area contributed by atoms with E-state index < -0.39 is 0 Å². The highest BCUT2D eigenvalue weighted by atomic mass is 16.3. The molecule has 250 valence electrons. The monoisotopic (exact) mass is 597 g/mol. The Morgan fingerprint density at radius 3 is 0.905 bits per heavy atom. The first-order chi connectivity index (χ1) is 20.6. The topological polar surface area (TPSA) is 98.7 Å². The minimum Gasteiger partial charge on any atom is -0.396 e. The predicted molar refractivity (Wildman–Crippen MR) is 178 cm³/mol. The summed E-state index contributed by atoms with van der Waals surface area (Å²) in [7, 11) is 0. The second-order valence-corrected chi connectivity index (χ2v) is 12.6. The molecule has 0 saturated heterocycles. The fourth-order valence-corrected chi connectivity index (χ4v) is 5.69. The van der Waals surface area contributed by atoms with Gasteiger partial charge in [-0.1, -0.05) is 155 Å². The van der Waals surface area contributed by atoms with Gasteiger partial charge in [0, 0.05) is 26.1 Å². The maximum Gasteiger partial charge on any atom is 0.221 e. The molecule has 0 fully saturated rings. The minimum atomic E-state index is -0.237. The summed E-state index contributed by atoms with van der Waals surface area (Å²) < 4.78 is 0. The molecule has 0 spiro atoms. The molecule has 0 aliphatic heterocycles. The summed E-state index contributed by atoms with van der Waals surface area (Å²) in [6, 6.07) is 0. The number of carbonyl (C=O) groups excluding carboxylic acids is 2. The van der Waals surface area contributed by atoms with Crippen LogP contribution in [0.1, 0.15) is 200 Å². The molecule has 0 unspecified atom stereocenters. The quantitative estimate of drug-likeness (QED) is 0.0439. The van der Waals surface area contributed by atoms with Crippen molar-refractivity contribution in [2.24, 2.45) is 0 Å². The van der Waals surface area contributed by atoms with Crippen molar-refractivity contribution in [1.82, 2.24) is 10.6 Å². The number of amides is 2. The number of hydrogen-bond donors (Lipinski definition) is 4. The third-order valence-electron chi connectivity index (χ3n) is 8.37. The van der Waals surface area contributed by atoms with E-state index in [0.29, 0.717) is 26.1 Å². The van der Waals surface area contributed by atoms with E-state index in [9.17, 15) is 9.59 Å². The number of unbranched alkanes of at least 4 members (excludes halogenated alkanes) is 24. The Labute approximate surface area is 261 Å². The van der Waals surface area contributed by atoms with Crippen LogP contribution < -0.4 is 10.6 Å². The lowest BCUT2D eigenvalue weighted by Gasteiger charge is -2.20. The van der Waals surface area contributed by atoms with Gasteiger partial charge in [0.05, 0.1) is 0 Å². The number of aliphatic hydroxyl groups is 2. The summed E-state index contributed by atoms with van der Waals surface area (Å²) in [5.74, 6) is 0.129. The van der Waals surface area contributed by atoms with Crippen molar-refractivity contribution in [3.63, 3.8) is 0 Å². The van der Waals surface area contributed by atoms with Gasteiger partial charge in [-0.15, -0.1) is 0 Å². The van der Waals surface area contributed by atoms with Crippen molar-refractivity contribution in [1.29, 1.82) is 0 Å². The van der Waals surface area contributed by atoms with E-state index in [1.54, 1.807) is 0 Å². The van der Waals surface area contributed by atoms with E-state index in [-0.39, 0.29) is 18.0 Å². The molecule has 0 saturated carbocycles. The van der Waals surface area contributed by atoms with Crippen molar-refractivity contribution < 1.29 is 19.8 Å². The molecule has 0 aliphatic rings. The number of carbonyl (C=O) groups is 2. The SMILES string of the molecule is CCCC(NC(=O)CCCCCCCCCCCCCCCO)NC(=O)CCCCCCCCCCCCCCCO. The molecule has 0 aromatic carbocycles. The van der Waals surface area contributed by atoms with Gasteiger partial charge >= 0.3 is 0 Å². The van der Waals surface area contributed by atoms with Crippen LogP contribution in [0, 0.1) is 0 Å². The number of nitrogens with one attached hydrogen (secondary N) is 2. The van der Waals surface area contributed by atoms with Gasteiger partial charge in [-0.25, -0.2) is 0 Å². The summed E-state index contributed by atoms with van der Waals surface area (Å²) >= 11 is 0. The highest BCUT2D eigenvalue weighted by molar-refractivity contribution is 5.79. The predicted octanol–water partition coefficient (Wildman–Crippen LogP) is 9.25. The van der Waals surface area contributed by atoms with Crippen LogP contribution in [-0.4, -0.2) is 41.4 Å². The molecule has 0 radical (unpaired) electrons. The maximum absolute atomic E-state index is 12.4. The van der Waals surface area contributed by atoms with Crippen LogP contribution in [0.5, 0.6) is 0 Å². The average Bonchev–Trinajstić information content (AvgIpc) is 2.97. The van der Waals surface area contributed by atoms with E-state index >= 15 is 0 Å². The molecule has 42 heavy (non-hydrogen) atoms. The van der Waals surface area contributed by atoms with E-state index in [1.807, 2.05) is 0 Å². The first-order valence-corrected chi connectivity index (χ1v) is 18.4. The summed E-state index contributed by atoms with van der Waals surface area (Å²) in [4.78, 5) is 24.9. The molecular formula is C36H72N2O4. The van der Waals surface area contributed by atoms with Gasteiger partial charge in [0.15, 0.2) is 0 Å². The molecule has 0 aliphatic carbocycles. The smallest absolute Gasteiger partial charge is 0.221 e. The standard InChI is InChI=1S/C36H72N2O4/c1-2-29-34(37-35(41)30-25-21-17-13-9-5-3-7-11-15-19-23-27-32-39)38-36(42)31-26-22-18-14-10-6-4-8-12-16-20-24-28-33-40/h34,39-40H,2-33H2,1H3,(H,37,41)(H,38,42). The third-order valence-corrected chi connectivity index (χ3v) is 8.37. The first-order valence-electron chi connectivity index (χ1n) is 18.4. The van der Waals surface area contributed by atoms with Gasteiger partial charge in [-0.05, 0) is 32.1 Å². The van der Waals surface area contributed by atoms with Gasteiger partial charge in [0.25, 0.3) is 0 Å². The largest absolute Gasteiger partial charge is 0.396 e.